The lowest BCUT2D eigenvalue weighted by Crippen LogP contribution is -2.42. The molecule has 4 rings (SSSR count). The average molecular weight is 372 g/mol. The van der Waals surface area contributed by atoms with Crippen molar-refractivity contribution in [2.45, 2.75) is 13.1 Å². The number of carbonyl (C=O) groups is 1. The predicted molar refractivity (Wildman–Crippen MR) is 96.7 cm³/mol. The Kier molecular flexibility index (Phi) is 5.71. The van der Waals surface area contributed by atoms with Crippen molar-refractivity contribution in [1.82, 2.24) is 30.0 Å². The molecule has 0 radical (unpaired) electrons. The fourth-order valence-corrected chi connectivity index (χ4v) is 3.24. The molecule has 1 amide bonds. The van der Waals surface area contributed by atoms with Crippen molar-refractivity contribution >= 4 is 5.91 Å². The summed E-state index contributed by atoms with van der Waals surface area (Å²) in [5.41, 5.74) is 2.14. The van der Waals surface area contributed by atoms with Crippen molar-refractivity contribution in [2.75, 3.05) is 52.6 Å². The van der Waals surface area contributed by atoms with Crippen LogP contribution in [-0.4, -0.2) is 88.5 Å². The molecule has 1 aromatic heterocycles. The molecule has 2 aliphatic rings. The van der Waals surface area contributed by atoms with Gasteiger partial charge in [0.25, 0.3) is 0 Å². The molecular weight excluding hydrogens is 348 g/mol. The highest BCUT2D eigenvalue weighted by Gasteiger charge is 2.18. The Morgan fingerprint density at radius 2 is 1.63 bits per heavy atom. The number of rotatable bonds is 5. The molecule has 2 aliphatic heterocycles. The highest BCUT2D eigenvalue weighted by molar-refractivity contribution is 5.75. The maximum Gasteiger partial charge on any atom is 0.246 e. The van der Waals surface area contributed by atoms with Crippen molar-refractivity contribution < 1.29 is 14.3 Å². The van der Waals surface area contributed by atoms with Crippen LogP contribution in [0.4, 0.5) is 0 Å². The van der Waals surface area contributed by atoms with Gasteiger partial charge in [0, 0.05) is 38.3 Å². The number of morpholine rings is 2. The van der Waals surface area contributed by atoms with Crippen LogP contribution >= 0.6 is 0 Å². The minimum Gasteiger partial charge on any atom is -0.379 e. The van der Waals surface area contributed by atoms with E-state index >= 15 is 0 Å². The number of carbonyl (C=O) groups excluding carboxylic acids is 1. The molecule has 0 saturated carbocycles. The van der Waals surface area contributed by atoms with E-state index < -0.39 is 0 Å². The van der Waals surface area contributed by atoms with Gasteiger partial charge in [0.2, 0.25) is 11.7 Å². The number of aromatic nitrogens is 4. The second-order valence-corrected chi connectivity index (χ2v) is 6.72. The molecule has 1 aromatic carbocycles. The van der Waals surface area contributed by atoms with Gasteiger partial charge in [-0.05, 0) is 10.8 Å². The van der Waals surface area contributed by atoms with Gasteiger partial charge in [-0.3, -0.25) is 9.69 Å². The summed E-state index contributed by atoms with van der Waals surface area (Å²) in [6, 6.07) is 8.18. The van der Waals surface area contributed by atoms with E-state index in [0.29, 0.717) is 32.1 Å². The number of amides is 1. The Bertz CT molecular complexity index is 751. The Morgan fingerprint density at radius 1 is 0.963 bits per heavy atom. The number of benzene rings is 1. The summed E-state index contributed by atoms with van der Waals surface area (Å²) in [7, 11) is 0. The zero-order valence-electron chi connectivity index (χ0n) is 15.3. The Labute approximate surface area is 157 Å². The minimum absolute atomic E-state index is 0.0110. The van der Waals surface area contributed by atoms with Crippen LogP contribution in [0.1, 0.15) is 5.56 Å². The third-order valence-electron chi connectivity index (χ3n) is 4.82. The molecule has 27 heavy (non-hydrogen) atoms. The summed E-state index contributed by atoms with van der Waals surface area (Å²) in [5.74, 6) is 0.519. The Balaban J connectivity index is 1.35. The average Bonchev–Trinajstić information content (AvgIpc) is 3.18. The normalized spacial score (nSPS) is 18.6. The first-order valence-corrected chi connectivity index (χ1v) is 9.31. The highest BCUT2D eigenvalue weighted by Crippen LogP contribution is 2.16. The van der Waals surface area contributed by atoms with Crippen LogP contribution in [0, 0.1) is 0 Å². The van der Waals surface area contributed by atoms with Crippen LogP contribution in [0.15, 0.2) is 24.3 Å². The fraction of sp³-hybridized carbons (Fsp3) is 0.556. The standard InChI is InChI=1S/C18H24N6O3/c25-17(23-7-11-27-12-8-23)14-24-20-18(19-21-24)16-3-1-15(2-4-16)13-22-5-9-26-10-6-22/h1-4H,5-14H2. The van der Waals surface area contributed by atoms with E-state index in [1.54, 1.807) is 4.90 Å². The summed E-state index contributed by atoms with van der Waals surface area (Å²) >= 11 is 0. The van der Waals surface area contributed by atoms with Gasteiger partial charge in [-0.2, -0.15) is 4.80 Å². The molecule has 0 aliphatic carbocycles. The number of hydrogen-bond donors (Lipinski definition) is 0. The predicted octanol–water partition coefficient (Wildman–Crippen LogP) is 0.0311. The monoisotopic (exact) mass is 372 g/mol. The minimum atomic E-state index is -0.0110. The lowest BCUT2D eigenvalue weighted by Gasteiger charge is -2.26. The van der Waals surface area contributed by atoms with Crippen LogP contribution in [0.25, 0.3) is 11.4 Å². The summed E-state index contributed by atoms with van der Waals surface area (Å²) in [6.45, 7) is 6.94. The van der Waals surface area contributed by atoms with E-state index in [4.69, 9.17) is 9.47 Å². The molecule has 3 heterocycles. The van der Waals surface area contributed by atoms with Crippen molar-refractivity contribution in [3.8, 4) is 11.4 Å². The third kappa shape index (κ3) is 4.68. The zero-order valence-corrected chi connectivity index (χ0v) is 15.3. The molecule has 2 fully saturated rings. The van der Waals surface area contributed by atoms with Crippen molar-refractivity contribution in [2.24, 2.45) is 0 Å². The lowest BCUT2D eigenvalue weighted by atomic mass is 10.1. The van der Waals surface area contributed by atoms with E-state index in [0.717, 1.165) is 38.4 Å². The van der Waals surface area contributed by atoms with Gasteiger partial charge in [-0.25, -0.2) is 0 Å². The van der Waals surface area contributed by atoms with Gasteiger partial charge in [-0.15, -0.1) is 10.2 Å². The number of hydrogen-bond acceptors (Lipinski definition) is 7. The fourth-order valence-electron chi connectivity index (χ4n) is 3.24. The Hall–Kier alpha value is -2.36. The largest absolute Gasteiger partial charge is 0.379 e. The first-order chi connectivity index (χ1) is 13.3. The smallest absolute Gasteiger partial charge is 0.246 e. The van der Waals surface area contributed by atoms with Crippen LogP contribution in [0.3, 0.4) is 0 Å². The van der Waals surface area contributed by atoms with Crippen LogP contribution in [-0.2, 0) is 27.4 Å². The van der Waals surface area contributed by atoms with Gasteiger partial charge in [0.05, 0.1) is 26.4 Å². The van der Waals surface area contributed by atoms with E-state index in [9.17, 15) is 4.79 Å². The molecule has 0 N–H and O–H groups in total. The van der Waals surface area contributed by atoms with Crippen LogP contribution < -0.4 is 0 Å². The second-order valence-electron chi connectivity index (χ2n) is 6.72. The van der Waals surface area contributed by atoms with Gasteiger partial charge in [0.15, 0.2) is 0 Å². The first-order valence-electron chi connectivity index (χ1n) is 9.31. The van der Waals surface area contributed by atoms with E-state index in [1.165, 1.54) is 10.4 Å². The summed E-state index contributed by atoms with van der Waals surface area (Å²) in [6.07, 6.45) is 0. The molecule has 0 spiro atoms. The number of tetrazole rings is 1. The maximum absolute atomic E-state index is 12.3. The quantitative estimate of drug-likeness (QED) is 0.732. The third-order valence-corrected chi connectivity index (χ3v) is 4.82. The van der Waals surface area contributed by atoms with E-state index in [1.807, 2.05) is 12.1 Å². The van der Waals surface area contributed by atoms with Crippen molar-refractivity contribution in [3.05, 3.63) is 29.8 Å². The summed E-state index contributed by atoms with van der Waals surface area (Å²) in [4.78, 5) is 17.8. The molecule has 0 atom stereocenters. The lowest BCUT2D eigenvalue weighted by molar-refractivity contribution is -0.136. The molecule has 144 valence electrons. The van der Waals surface area contributed by atoms with Gasteiger partial charge >= 0.3 is 0 Å². The van der Waals surface area contributed by atoms with Crippen molar-refractivity contribution in [1.29, 1.82) is 0 Å². The molecule has 2 saturated heterocycles. The molecule has 0 unspecified atom stereocenters. The van der Waals surface area contributed by atoms with E-state index in [2.05, 4.69) is 32.4 Å². The van der Waals surface area contributed by atoms with Crippen molar-refractivity contribution in [3.63, 3.8) is 0 Å². The Morgan fingerprint density at radius 3 is 2.33 bits per heavy atom. The summed E-state index contributed by atoms with van der Waals surface area (Å²) < 4.78 is 10.6. The summed E-state index contributed by atoms with van der Waals surface area (Å²) in [5, 5.41) is 12.5. The van der Waals surface area contributed by atoms with Gasteiger partial charge in [0.1, 0.15) is 6.54 Å². The molecule has 9 nitrogen and oxygen atoms in total. The van der Waals surface area contributed by atoms with Crippen LogP contribution in [0.2, 0.25) is 0 Å². The SMILES string of the molecule is O=C(Cn1nnc(-c2ccc(CN3CCOCC3)cc2)n1)N1CCOCC1. The molecule has 9 heteroatoms. The second kappa shape index (κ2) is 8.55. The maximum atomic E-state index is 12.3. The zero-order chi connectivity index (χ0) is 18.5. The molecule has 0 bridgehead atoms. The molecule has 2 aromatic rings. The first kappa shape index (κ1) is 18.0. The van der Waals surface area contributed by atoms with Gasteiger partial charge < -0.3 is 14.4 Å². The number of nitrogens with zero attached hydrogens (tertiary/aromatic N) is 6. The highest BCUT2D eigenvalue weighted by atomic mass is 16.5. The molecular formula is C18H24N6O3. The topological polar surface area (TPSA) is 85.6 Å². The van der Waals surface area contributed by atoms with E-state index in [-0.39, 0.29) is 12.5 Å². The van der Waals surface area contributed by atoms with Crippen LogP contribution in [0.5, 0.6) is 0 Å². The van der Waals surface area contributed by atoms with Gasteiger partial charge in [-0.1, -0.05) is 24.3 Å². The number of ether oxygens (including phenoxy) is 2.